The molecule has 1 heterocycles. The topological polar surface area (TPSA) is 26.0 Å². The second-order valence-electron chi connectivity index (χ2n) is 4.70. The number of nitrogens with two attached hydrogens (primary N) is 1. The van der Waals surface area contributed by atoms with Crippen molar-refractivity contribution in [1.29, 1.82) is 0 Å². The van der Waals surface area contributed by atoms with Crippen LogP contribution in [0.1, 0.15) is 29.5 Å². The van der Waals surface area contributed by atoms with Crippen LogP contribution in [0.15, 0.2) is 29.6 Å². The molecule has 0 fully saturated rings. The molecule has 2 N–H and O–H groups in total. The maximum atomic E-state index is 5.71. The molecule has 2 rings (SSSR count). The van der Waals surface area contributed by atoms with Crippen LogP contribution >= 0.6 is 11.3 Å². The SMILES string of the molecule is Cc1ccc(-c2cc(C(C)CN)cs2)c(C)c1. The quantitative estimate of drug-likeness (QED) is 0.866. The molecule has 2 aromatic rings. The molecule has 1 unspecified atom stereocenters. The van der Waals surface area contributed by atoms with Crippen LogP contribution in [0.3, 0.4) is 0 Å². The molecule has 0 aliphatic heterocycles. The van der Waals surface area contributed by atoms with E-state index >= 15 is 0 Å². The average molecular weight is 245 g/mol. The Bertz CT molecular complexity index is 513. The molecule has 1 aromatic carbocycles. The second-order valence-corrected chi connectivity index (χ2v) is 5.61. The van der Waals surface area contributed by atoms with Crippen molar-refractivity contribution in [3.05, 3.63) is 46.3 Å². The summed E-state index contributed by atoms with van der Waals surface area (Å²) in [5.41, 5.74) is 11.1. The van der Waals surface area contributed by atoms with Crippen molar-refractivity contribution in [1.82, 2.24) is 0 Å². The van der Waals surface area contributed by atoms with Gasteiger partial charge in [-0.2, -0.15) is 0 Å². The van der Waals surface area contributed by atoms with Gasteiger partial charge in [0.1, 0.15) is 0 Å². The predicted molar refractivity (Wildman–Crippen MR) is 76.7 cm³/mol. The van der Waals surface area contributed by atoms with Gasteiger partial charge in [0.05, 0.1) is 0 Å². The highest BCUT2D eigenvalue weighted by atomic mass is 32.1. The van der Waals surface area contributed by atoms with Crippen molar-refractivity contribution in [3.63, 3.8) is 0 Å². The van der Waals surface area contributed by atoms with E-state index in [1.165, 1.54) is 27.1 Å². The van der Waals surface area contributed by atoms with E-state index in [0.29, 0.717) is 12.5 Å². The van der Waals surface area contributed by atoms with Crippen molar-refractivity contribution in [2.45, 2.75) is 26.7 Å². The zero-order valence-electron chi connectivity index (χ0n) is 10.7. The standard InChI is InChI=1S/C15H19NS/c1-10-4-5-14(11(2)6-10)15-7-13(9-17-15)12(3)8-16/h4-7,9,12H,8,16H2,1-3H3. The Morgan fingerprint density at radius 2 is 2.00 bits per heavy atom. The van der Waals surface area contributed by atoms with Gasteiger partial charge in [0.25, 0.3) is 0 Å². The van der Waals surface area contributed by atoms with Crippen LogP contribution in [0.2, 0.25) is 0 Å². The monoisotopic (exact) mass is 245 g/mol. The van der Waals surface area contributed by atoms with Crippen molar-refractivity contribution >= 4 is 11.3 Å². The van der Waals surface area contributed by atoms with E-state index < -0.39 is 0 Å². The first-order valence-electron chi connectivity index (χ1n) is 5.98. The molecule has 2 heteroatoms. The molecule has 0 spiro atoms. The summed E-state index contributed by atoms with van der Waals surface area (Å²) in [7, 11) is 0. The highest BCUT2D eigenvalue weighted by Gasteiger charge is 2.09. The maximum absolute atomic E-state index is 5.71. The van der Waals surface area contributed by atoms with Gasteiger partial charge >= 0.3 is 0 Å². The van der Waals surface area contributed by atoms with Gasteiger partial charge in [0.15, 0.2) is 0 Å². The summed E-state index contributed by atoms with van der Waals surface area (Å²) >= 11 is 1.81. The smallest absolute Gasteiger partial charge is 0.0348 e. The molecular weight excluding hydrogens is 226 g/mol. The van der Waals surface area contributed by atoms with Crippen molar-refractivity contribution in [3.8, 4) is 10.4 Å². The Hall–Kier alpha value is -1.12. The fraction of sp³-hybridized carbons (Fsp3) is 0.333. The number of benzene rings is 1. The summed E-state index contributed by atoms with van der Waals surface area (Å²) < 4.78 is 0. The Labute approximate surface area is 107 Å². The molecule has 0 saturated carbocycles. The first kappa shape index (κ1) is 12.3. The van der Waals surface area contributed by atoms with E-state index in [0.717, 1.165) is 0 Å². The van der Waals surface area contributed by atoms with Crippen LogP contribution in [-0.4, -0.2) is 6.54 Å². The lowest BCUT2D eigenvalue weighted by molar-refractivity contribution is 0.778. The molecule has 0 amide bonds. The lowest BCUT2D eigenvalue weighted by Crippen LogP contribution is -2.07. The first-order valence-corrected chi connectivity index (χ1v) is 6.86. The minimum absolute atomic E-state index is 0.450. The number of hydrogen-bond acceptors (Lipinski definition) is 2. The van der Waals surface area contributed by atoms with E-state index in [1.54, 1.807) is 0 Å². The summed E-state index contributed by atoms with van der Waals surface area (Å²) in [6.07, 6.45) is 0. The molecule has 17 heavy (non-hydrogen) atoms. The van der Waals surface area contributed by atoms with Gasteiger partial charge in [-0.3, -0.25) is 0 Å². The molecule has 0 aliphatic rings. The van der Waals surface area contributed by atoms with Gasteiger partial charge in [-0.05, 0) is 54.4 Å². The minimum Gasteiger partial charge on any atom is -0.330 e. The molecular formula is C15H19NS. The van der Waals surface area contributed by atoms with Crippen LogP contribution in [0, 0.1) is 13.8 Å². The number of hydrogen-bond donors (Lipinski definition) is 1. The second kappa shape index (κ2) is 5.03. The van der Waals surface area contributed by atoms with Crippen molar-refractivity contribution < 1.29 is 0 Å². The molecule has 0 radical (unpaired) electrons. The summed E-state index contributed by atoms with van der Waals surface area (Å²) in [5, 5.41) is 2.23. The largest absolute Gasteiger partial charge is 0.330 e. The molecule has 0 saturated heterocycles. The minimum atomic E-state index is 0.450. The van der Waals surface area contributed by atoms with E-state index in [-0.39, 0.29) is 0 Å². The van der Waals surface area contributed by atoms with Crippen LogP contribution in [0.25, 0.3) is 10.4 Å². The molecule has 1 nitrogen and oxygen atoms in total. The zero-order valence-corrected chi connectivity index (χ0v) is 11.5. The molecule has 0 bridgehead atoms. The van der Waals surface area contributed by atoms with Crippen molar-refractivity contribution in [2.24, 2.45) is 5.73 Å². The predicted octanol–water partition coefficient (Wildman–Crippen LogP) is 4.09. The third kappa shape index (κ3) is 2.59. The fourth-order valence-electron chi connectivity index (χ4n) is 1.98. The Balaban J connectivity index is 2.37. The van der Waals surface area contributed by atoms with Crippen LogP contribution in [-0.2, 0) is 0 Å². The van der Waals surface area contributed by atoms with Crippen LogP contribution < -0.4 is 5.73 Å². The van der Waals surface area contributed by atoms with E-state index in [1.807, 2.05) is 11.3 Å². The van der Waals surface area contributed by atoms with Gasteiger partial charge in [0.2, 0.25) is 0 Å². The average Bonchev–Trinajstić information content (AvgIpc) is 2.77. The lowest BCUT2D eigenvalue weighted by atomic mass is 10.0. The number of thiophene rings is 1. The number of rotatable bonds is 3. The third-order valence-electron chi connectivity index (χ3n) is 3.19. The third-order valence-corrected chi connectivity index (χ3v) is 4.17. The summed E-state index contributed by atoms with van der Waals surface area (Å²) in [4.78, 5) is 1.35. The number of aryl methyl sites for hydroxylation is 2. The fourth-order valence-corrected chi connectivity index (χ4v) is 3.10. The first-order chi connectivity index (χ1) is 8.11. The van der Waals surface area contributed by atoms with Gasteiger partial charge < -0.3 is 5.73 Å². The highest BCUT2D eigenvalue weighted by Crippen LogP contribution is 2.32. The van der Waals surface area contributed by atoms with E-state index in [4.69, 9.17) is 5.73 Å². The van der Waals surface area contributed by atoms with E-state index in [9.17, 15) is 0 Å². The Morgan fingerprint density at radius 3 is 2.65 bits per heavy atom. The Morgan fingerprint density at radius 1 is 1.24 bits per heavy atom. The zero-order chi connectivity index (χ0) is 12.4. The molecule has 90 valence electrons. The normalized spacial score (nSPS) is 12.7. The van der Waals surface area contributed by atoms with Gasteiger partial charge in [-0.15, -0.1) is 11.3 Å². The van der Waals surface area contributed by atoms with Crippen molar-refractivity contribution in [2.75, 3.05) is 6.54 Å². The molecule has 1 aromatic heterocycles. The highest BCUT2D eigenvalue weighted by molar-refractivity contribution is 7.13. The van der Waals surface area contributed by atoms with Gasteiger partial charge in [0, 0.05) is 4.88 Å². The lowest BCUT2D eigenvalue weighted by Gasteiger charge is -2.05. The van der Waals surface area contributed by atoms with Crippen LogP contribution in [0.5, 0.6) is 0 Å². The molecule has 1 atom stereocenters. The Kier molecular flexibility index (Phi) is 3.65. The molecule has 0 aliphatic carbocycles. The maximum Gasteiger partial charge on any atom is 0.0348 e. The van der Waals surface area contributed by atoms with Crippen LogP contribution in [0.4, 0.5) is 0 Å². The summed E-state index contributed by atoms with van der Waals surface area (Å²) in [6, 6.07) is 8.91. The summed E-state index contributed by atoms with van der Waals surface area (Å²) in [6.45, 7) is 7.19. The summed E-state index contributed by atoms with van der Waals surface area (Å²) in [5.74, 6) is 0.450. The van der Waals surface area contributed by atoms with Gasteiger partial charge in [-0.1, -0.05) is 30.7 Å². The van der Waals surface area contributed by atoms with E-state index in [2.05, 4.69) is 50.4 Å². The van der Waals surface area contributed by atoms with Gasteiger partial charge in [-0.25, -0.2) is 0 Å².